The number of anilines is 2. The molecule has 0 aliphatic heterocycles. The number of hydrogen-bond acceptors (Lipinski definition) is 3. The zero-order valence-corrected chi connectivity index (χ0v) is 10.2. The van der Waals surface area contributed by atoms with E-state index in [1.807, 2.05) is 13.2 Å². The molecule has 0 amide bonds. The number of nitrogens with one attached hydrogen (secondary N) is 1. The highest BCUT2D eigenvalue weighted by Crippen LogP contribution is 2.29. The molecule has 2 rings (SSSR count). The molecule has 90 valence electrons. The first-order chi connectivity index (χ1) is 7.69. The van der Waals surface area contributed by atoms with Gasteiger partial charge in [0.1, 0.15) is 0 Å². The standard InChI is InChI=1S/C12H22N4/c1-3-9-5-4-6-10(7-9)14-12-11(13)8-16(2)15-12/h8-10H,3-7,13H2,1-2H3,(H,14,15). The van der Waals surface area contributed by atoms with E-state index in [-0.39, 0.29) is 0 Å². The van der Waals surface area contributed by atoms with Gasteiger partial charge in [0.05, 0.1) is 5.69 Å². The van der Waals surface area contributed by atoms with Gasteiger partial charge in [0.15, 0.2) is 5.82 Å². The minimum Gasteiger partial charge on any atom is -0.394 e. The average Bonchev–Trinajstić information content (AvgIpc) is 2.58. The van der Waals surface area contributed by atoms with E-state index in [1.54, 1.807) is 4.68 Å². The van der Waals surface area contributed by atoms with Crippen molar-refractivity contribution in [3.63, 3.8) is 0 Å². The summed E-state index contributed by atoms with van der Waals surface area (Å²) in [5.74, 6) is 1.72. The minimum atomic E-state index is 0.552. The lowest BCUT2D eigenvalue weighted by Gasteiger charge is -2.29. The molecule has 4 nitrogen and oxygen atoms in total. The fourth-order valence-corrected chi connectivity index (χ4v) is 2.61. The lowest BCUT2D eigenvalue weighted by Crippen LogP contribution is -2.27. The first-order valence-corrected chi connectivity index (χ1v) is 6.24. The number of rotatable bonds is 3. The second-order valence-corrected chi connectivity index (χ2v) is 4.89. The molecule has 16 heavy (non-hydrogen) atoms. The van der Waals surface area contributed by atoms with Crippen molar-refractivity contribution >= 4 is 11.5 Å². The van der Waals surface area contributed by atoms with E-state index in [2.05, 4.69) is 17.3 Å². The van der Waals surface area contributed by atoms with Crippen molar-refractivity contribution in [2.75, 3.05) is 11.1 Å². The quantitative estimate of drug-likeness (QED) is 0.825. The summed E-state index contributed by atoms with van der Waals surface area (Å²) in [4.78, 5) is 0. The van der Waals surface area contributed by atoms with Crippen LogP contribution < -0.4 is 11.1 Å². The number of hydrogen-bond donors (Lipinski definition) is 2. The number of nitrogens with zero attached hydrogens (tertiary/aromatic N) is 2. The molecule has 0 spiro atoms. The maximum Gasteiger partial charge on any atom is 0.171 e. The Bertz CT molecular complexity index is 345. The van der Waals surface area contributed by atoms with E-state index in [0.717, 1.165) is 17.4 Å². The maximum absolute atomic E-state index is 5.88. The Kier molecular flexibility index (Phi) is 3.36. The Morgan fingerprint density at radius 2 is 2.38 bits per heavy atom. The third-order valence-corrected chi connectivity index (χ3v) is 3.56. The summed E-state index contributed by atoms with van der Waals surface area (Å²) < 4.78 is 1.76. The zero-order valence-electron chi connectivity index (χ0n) is 10.2. The number of nitrogens with two attached hydrogens (primary N) is 1. The van der Waals surface area contributed by atoms with Crippen LogP contribution in [0.2, 0.25) is 0 Å². The Morgan fingerprint density at radius 1 is 1.56 bits per heavy atom. The highest BCUT2D eigenvalue weighted by molar-refractivity contribution is 5.60. The summed E-state index contributed by atoms with van der Waals surface area (Å²) in [6.07, 6.45) is 8.34. The normalized spacial score (nSPS) is 25.6. The van der Waals surface area contributed by atoms with Crippen molar-refractivity contribution < 1.29 is 0 Å². The molecular formula is C12H22N4. The maximum atomic E-state index is 5.88. The summed E-state index contributed by atoms with van der Waals surface area (Å²) in [7, 11) is 1.90. The van der Waals surface area contributed by atoms with Crippen molar-refractivity contribution in [1.29, 1.82) is 0 Å². The molecule has 0 radical (unpaired) electrons. The van der Waals surface area contributed by atoms with Crippen LogP contribution in [-0.4, -0.2) is 15.8 Å². The van der Waals surface area contributed by atoms with Gasteiger partial charge in [0.2, 0.25) is 0 Å². The third-order valence-electron chi connectivity index (χ3n) is 3.56. The van der Waals surface area contributed by atoms with Gasteiger partial charge in [-0.2, -0.15) is 5.10 Å². The van der Waals surface area contributed by atoms with Gasteiger partial charge in [-0.25, -0.2) is 0 Å². The van der Waals surface area contributed by atoms with E-state index in [9.17, 15) is 0 Å². The van der Waals surface area contributed by atoms with Crippen LogP contribution in [0.5, 0.6) is 0 Å². The van der Waals surface area contributed by atoms with Crippen LogP contribution in [0.25, 0.3) is 0 Å². The minimum absolute atomic E-state index is 0.552. The van der Waals surface area contributed by atoms with Gasteiger partial charge in [-0.1, -0.05) is 26.2 Å². The highest BCUT2D eigenvalue weighted by atomic mass is 15.3. The van der Waals surface area contributed by atoms with Crippen LogP contribution in [0.3, 0.4) is 0 Å². The second kappa shape index (κ2) is 4.76. The molecule has 0 saturated heterocycles. The van der Waals surface area contributed by atoms with E-state index in [4.69, 9.17) is 5.73 Å². The van der Waals surface area contributed by atoms with Gasteiger partial charge in [-0.15, -0.1) is 0 Å². The molecule has 1 aliphatic carbocycles. The first kappa shape index (κ1) is 11.3. The Labute approximate surface area is 97.2 Å². The van der Waals surface area contributed by atoms with Crippen molar-refractivity contribution in [3.8, 4) is 0 Å². The fourth-order valence-electron chi connectivity index (χ4n) is 2.61. The summed E-state index contributed by atoms with van der Waals surface area (Å²) in [6, 6.07) is 0.552. The first-order valence-electron chi connectivity index (χ1n) is 6.24. The van der Waals surface area contributed by atoms with Crippen LogP contribution in [0, 0.1) is 5.92 Å². The van der Waals surface area contributed by atoms with Gasteiger partial charge in [0, 0.05) is 19.3 Å². The molecule has 2 atom stereocenters. The van der Waals surface area contributed by atoms with Gasteiger partial charge in [0.25, 0.3) is 0 Å². The lowest BCUT2D eigenvalue weighted by molar-refractivity contribution is 0.327. The Hall–Kier alpha value is -1.19. The molecule has 1 fully saturated rings. The predicted molar refractivity (Wildman–Crippen MR) is 67.3 cm³/mol. The smallest absolute Gasteiger partial charge is 0.171 e. The van der Waals surface area contributed by atoms with E-state index >= 15 is 0 Å². The Balaban J connectivity index is 1.96. The molecule has 1 aromatic heterocycles. The van der Waals surface area contributed by atoms with Gasteiger partial charge < -0.3 is 11.1 Å². The summed E-state index contributed by atoms with van der Waals surface area (Å²) in [5, 5.41) is 7.81. The second-order valence-electron chi connectivity index (χ2n) is 4.89. The van der Waals surface area contributed by atoms with Crippen molar-refractivity contribution in [2.24, 2.45) is 13.0 Å². The molecule has 0 bridgehead atoms. The topological polar surface area (TPSA) is 55.9 Å². The van der Waals surface area contributed by atoms with Crippen LogP contribution >= 0.6 is 0 Å². The molecule has 2 unspecified atom stereocenters. The third kappa shape index (κ3) is 2.49. The number of aryl methyl sites for hydroxylation is 1. The highest BCUT2D eigenvalue weighted by Gasteiger charge is 2.21. The van der Waals surface area contributed by atoms with E-state index < -0.39 is 0 Å². The van der Waals surface area contributed by atoms with Crippen LogP contribution in [0.4, 0.5) is 11.5 Å². The average molecular weight is 222 g/mol. The molecule has 4 heteroatoms. The Morgan fingerprint density at radius 3 is 3.00 bits per heavy atom. The zero-order chi connectivity index (χ0) is 11.5. The van der Waals surface area contributed by atoms with Crippen molar-refractivity contribution in [3.05, 3.63) is 6.20 Å². The van der Waals surface area contributed by atoms with E-state index in [1.165, 1.54) is 32.1 Å². The molecule has 1 saturated carbocycles. The predicted octanol–water partition coefficient (Wildman–Crippen LogP) is 2.38. The molecule has 1 heterocycles. The SMILES string of the molecule is CCC1CCCC(Nc2nn(C)cc2N)C1. The van der Waals surface area contributed by atoms with Crippen molar-refractivity contribution in [1.82, 2.24) is 9.78 Å². The summed E-state index contributed by atoms with van der Waals surface area (Å²) in [5.41, 5.74) is 6.63. The summed E-state index contributed by atoms with van der Waals surface area (Å²) in [6.45, 7) is 2.28. The lowest BCUT2D eigenvalue weighted by atomic mass is 9.84. The molecule has 0 aromatic carbocycles. The van der Waals surface area contributed by atoms with Crippen LogP contribution in [0.15, 0.2) is 6.20 Å². The van der Waals surface area contributed by atoms with Gasteiger partial charge in [-0.05, 0) is 18.8 Å². The summed E-state index contributed by atoms with van der Waals surface area (Å²) >= 11 is 0. The van der Waals surface area contributed by atoms with Crippen molar-refractivity contribution in [2.45, 2.75) is 45.1 Å². The monoisotopic (exact) mass is 222 g/mol. The number of aromatic nitrogens is 2. The van der Waals surface area contributed by atoms with Crippen LogP contribution in [0.1, 0.15) is 39.0 Å². The number of nitrogen functional groups attached to an aromatic ring is 1. The van der Waals surface area contributed by atoms with Crippen LogP contribution in [-0.2, 0) is 7.05 Å². The molecular weight excluding hydrogens is 200 g/mol. The largest absolute Gasteiger partial charge is 0.394 e. The molecule has 1 aromatic rings. The van der Waals surface area contributed by atoms with Gasteiger partial charge >= 0.3 is 0 Å². The fraction of sp³-hybridized carbons (Fsp3) is 0.750. The van der Waals surface area contributed by atoms with Gasteiger partial charge in [-0.3, -0.25) is 4.68 Å². The molecule has 3 N–H and O–H groups in total. The van der Waals surface area contributed by atoms with E-state index in [0.29, 0.717) is 6.04 Å². The molecule has 1 aliphatic rings.